The predicted octanol–water partition coefficient (Wildman–Crippen LogP) is 5.43. The first-order chi connectivity index (χ1) is 14.5. The summed E-state index contributed by atoms with van der Waals surface area (Å²) in [6, 6.07) is 8.86. The fourth-order valence-electron chi connectivity index (χ4n) is 3.22. The number of ether oxygens (including phenoxy) is 1. The van der Waals surface area contributed by atoms with Gasteiger partial charge in [-0.2, -0.15) is 4.98 Å². The fourth-order valence-corrected chi connectivity index (χ4v) is 4.25. The van der Waals surface area contributed by atoms with E-state index in [9.17, 15) is 4.79 Å². The number of anilines is 1. The van der Waals surface area contributed by atoms with Gasteiger partial charge in [0.05, 0.1) is 5.69 Å². The van der Waals surface area contributed by atoms with Crippen molar-refractivity contribution in [1.82, 2.24) is 15.2 Å². The van der Waals surface area contributed by atoms with Crippen LogP contribution in [-0.2, 0) is 4.79 Å². The zero-order chi connectivity index (χ0) is 21.3. The van der Waals surface area contributed by atoms with E-state index >= 15 is 0 Å². The molecule has 9 heteroatoms. The number of furan rings is 1. The molecule has 1 atom stereocenters. The van der Waals surface area contributed by atoms with E-state index in [1.54, 1.807) is 24.3 Å². The van der Waals surface area contributed by atoms with Crippen LogP contribution in [0.3, 0.4) is 0 Å². The largest absolute Gasteiger partial charge is 0.460 e. The average Bonchev–Trinajstić information content (AvgIpc) is 3.08. The van der Waals surface area contributed by atoms with E-state index in [2.05, 4.69) is 22.1 Å². The van der Waals surface area contributed by atoms with Gasteiger partial charge in [0.25, 0.3) is 0 Å². The number of unbranched alkanes of at least 4 members (excludes halogenated alkanes) is 1. The molecule has 1 unspecified atom stereocenters. The topological polar surface area (TPSA) is 81.3 Å². The van der Waals surface area contributed by atoms with Crippen LogP contribution in [0.15, 0.2) is 39.9 Å². The molecule has 0 fully saturated rings. The molecule has 30 heavy (non-hydrogen) atoms. The number of nitrogens with zero attached hydrogens (tertiary/aromatic N) is 4. The van der Waals surface area contributed by atoms with Crippen LogP contribution < -0.4 is 9.64 Å². The van der Waals surface area contributed by atoms with Gasteiger partial charge in [0, 0.05) is 23.3 Å². The fraction of sp³-hybridized carbons (Fsp3) is 0.333. The van der Waals surface area contributed by atoms with Gasteiger partial charge in [0.2, 0.25) is 23.2 Å². The van der Waals surface area contributed by atoms with Crippen LogP contribution in [0.1, 0.15) is 44.4 Å². The van der Waals surface area contributed by atoms with Gasteiger partial charge in [0.1, 0.15) is 5.76 Å². The molecule has 0 N–H and O–H groups in total. The van der Waals surface area contributed by atoms with E-state index < -0.39 is 6.23 Å². The van der Waals surface area contributed by atoms with E-state index in [-0.39, 0.29) is 11.8 Å². The van der Waals surface area contributed by atoms with Crippen LogP contribution in [0.4, 0.5) is 5.69 Å². The molecule has 2 aromatic heterocycles. The van der Waals surface area contributed by atoms with Crippen molar-refractivity contribution >= 4 is 35.0 Å². The van der Waals surface area contributed by atoms with Crippen molar-refractivity contribution in [2.75, 3.05) is 10.7 Å². The first-order valence-corrected chi connectivity index (χ1v) is 11.0. The number of fused-ring (bicyclic) bond motifs is 3. The standard InChI is InChI=1S/C21H21ClN4O3S/c1-4-5-10-30-21-23-19-18(24-25-21)15-11-14(22)7-8-16(15)26(13(3)27)20(29-19)17-9-6-12(2)28-17/h6-9,11,20H,4-5,10H2,1-3H3. The lowest BCUT2D eigenvalue weighted by molar-refractivity contribution is -0.118. The number of hydrogen-bond donors (Lipinski definition) is 0. The molecule has 0 radical (unpaired) electrons. The van der Waals surface area contributed by atoms with Crippen molar-refractivity contribution in [2.24, 2.45) is 0 Å². The minimum absolute atomic E-state index is 0.212. The Bertz CT molecular complexity index is 1090. The van der Waals surface area contributed by atoms with Crippen molar-refractivity contribution in [1.29, 1.82) is 0 Å². The van der Waals surface area contributed by atoms with Crippen LogP contribution in [0, 0.1) is 6.92 Å². The molecular formula is C21H21ClN4O3S. The number of carbonyl (C=O) groups excluding carboxylic acids is 1. The van der Waals surface area contributed by atoms with E-state index in [0.717, 1.165) is 24.4 Å². The van der Waals surface area contributed by atoms with Gasteiger partial charge in [-0.1, -0.05) is 36.7 Å². The van der Waals surface area contributed by atoms with Crippen LogP contribution in [-0.4, -0.2) is 26.8 Å². The summed E-state index contributed by atoms with van der Waals surface area (Å²) in [5, 5.41) is 9.68. The van der Waals surface area contributed by atoms with Gasteiger partial charge in [0.15, 0.2) is 11.5 Å². The zero-order valence-electron chi connectivity index (χ0n) is 16.9. The summed E-state index contributed by atoms with van der Waals surface area (Å²) in [6.07, 6.45) is 1.31. The SMILES string of the molecule is CCCCSc1nnc2c(n1)OC(c1ccc(C)o1)N(C(C)=O)c1ccc(Cl)cc1-2. The van der Waals surface area contributed by atoms with Gasteiger partial charge in [-0.15, -0.1) is 10.2 Å². The number of aromatic nitrogens is 3. The Morgan fingerprint density at radius 1 is 1.27 bits per heavy atom. The Morgan fingerprint density at radius 3 is 2.80 bits per heavy atom. The summed E-state index contributed by atoms with van der Waals surface area (Å²) in [4.78, 5) is 18.8. The predicted molar refractivity (Wildman–Crippen MR) is 116 cm³/mol. The summed E-state index contributed by atoms with van der Waals surface area (Å²) < 4.78 is 12.0. The second-order valence-electron chi connectivity index (χ2n) is 6.92. The van der Waals surface area contributed by atoms with Crippen molar-refractivity contribution < 1.29 is 13.9 Å². The third kappa shape index (κ3) is 4.02. The molecule has 0 spiro atoms. The molecule has 1 amide bonds. The van der Waals surface area contributed by atoms with Crippen molar-refractivity contribution in [3.63, 3.8) is 0 Å². The summed E-state index contributed by atoms with van der Waals surface area (Å²) in [5.74, 6) is 2.18. The molecule has 3 aromatic rings. The van der Waals surface area contributed by atoms with E-state index in [4.69, 9.17) is 20.8 Å². The third-order valence-electron chi connectivity index (χ3n) is 4.64. The number of hydrogen-bond acceptors (Lipinski definition) is 7. The number of thioether (sulfide) groups is 1. The van der Waals surface area contributed by atoms with Crippen molar-refractivity contribution in [3.05, 3.63) is 46.9 Å². The summed E-state index contributed by atoms with van der Waals surface area (Å²) in [7, 11) is 0. The lowest BCUT2D eigenvalue weighted by Gasteiger charge is -2.28. The highest BCUT2D eigenvalue weighted by molar-refractivity contribution is 7.99. The number of carbonyl (C=O) groups is 1. The maximum atomic E-state index is 12.7. The first kappa shape index (κ1) is 20.7. The minimum atomic E-state index is -0.831. The molecule has 0 aliphatic carbocycles. The molecular weight excluding hydrogens is 424 g/mol. The second-order valence-corrected chi connectivity index (χ2v) is 8.42. The number of benzene rings is 1. The van der Waals surface area contributed by atoms with E-state index in [1.807, 2.05) is 13.0 Å². The maximum absolute atomic E-state index is 12.7. The lowest BCUT2D eigenvalue weighted by atomic mass is 10.1. The Kier molecular flexibility index (Phi) is 5.97. The first-order valence-electron chi connectivity index (χ1n) is 9.68. The second kappa shape index (κ2) is 8.65. The molecule has 0 saturated carbocycles. The van der Waals surface area contributed by atoms with Gasteiger partial charge in [-0.25, -0.2) is 0 Å². The number of amides is 1. The molecule has 156 valence electrons. The summed E-state index contributed by atoms with van der Waals surface area (Å²) >= 11 is 7.78. The van der Waals surface area contributed by atoms with Crippen LogP contribution in [0.25, 0.3) is 11.3 Å². The Balaban J connectivity index is 1.87. The molecule has 7 nitrogen and oxygen atoms in total. The molecule has 1 aromatic carbocycles. The average molecular weight is 445 g/mol. The molecule has 0 bridgehead atoms. The summed E-state index contributed by atoms with van der Waals surface area (Å²) in [6.45, 7) is 5.45. The van der Waals surface area contributed by atoms with Gasteiger partial charge >= 0.3 is 0 Å². The van der Waals surface area contributed by atoms with Gasteiger partial charge in [-0.3, -0.25) is 9.69 Å². The maximum Gasteiger partial charge on any atom is 0.247 e. The van der Waals surface area contributed by atoms with E-state index in [1.165, 1.54) is 23.6 Å². The molecule has 3 heterocycles. The lowest BCUT2D eigenvalue weighted by Crippen LogP contribution is -2.35. The minimum Gasteiger partial charge on any atom is -0.460 e. The molecule has 1 aliphatic heterocycles. The normalized spacial score (nSPS) is 15.2. The highest BCUT2D eigenvalue weighted by atomic mass is 35.5. The highest BCUT2D eigenvalue weighted by Crippen LogP contribution is 2.44. The van der Waals surface area contributed by atoms with Crippen LogP contribution in [0.5, 0.6) is 5.88 Å². The smallest absolute Gasteiger partial charge is 0.247 e. The van der Waals surface area contributed by atoms with E-state index in [0.29, 0.717) is 32.9 Å². The number of aryl methyl sites for hydroxylation is 1. The molecule has 0 saturated heterocycles. The third-order valence-corrected chi connectivity index (χ3v) is 5.80. The molecule has 1 aliphatic rings. The zero-order valence-corrected chi connectivity index (χ0v) is 18.5. The van der Waals surface area contributed by atoms with Crippen molar-refractivity contribution in [3.8, 4) is 17.1 Å². The Morgan fingerprint density at radius 2 is 2.10 bits per heavy atom. The monoisotopic (exact) mass is 444 g/mol. The molecule has 4 rings (SSSR count). The Hall–Kier alpha value is -2.58. The highest BCUT2D eigenvalue weighted by Gasteiger charge is 2.36. The van der Waals surface area contributed by atoms with Gasteiger partial charge in [-0.05, 0) is 43.7 Å². The quantitative estimate of drug-likeness (QED) is 0.383. The van der Waals surface area contributed by atoms with Crippen LogP contribution in [0.2, 0.25) is 5.02 Å². The summed E-state index contributed by atoms with van der Waals surface area (Å²) in [5.41, 5.74) is 1.67. The van der Waals surface area contributed by atoms with Crippen LogP contribution >= 0.6 is 23.4 Å². The number of halogens is 1. The van der Waals surface area contributed by atoms with Gasteiger partial charge < -0.3 is 9.15 Å². The number of rotatable bonds is 5. The van der Waals surface area contributed by atoms with Crippen molar-refractivity contribution in [2.45, 2.75) is 45.0 Å². The Labute approximate surface area is 183 Å².